The Hall–Kier alpha value is -2.47. The van der Waals surface area contributed by atoms with Gasteiger partial charge in [0.2, 0.25) is 0 Å². The number of ether oxygens (including phenoxy) is 1. The van der Waals surface area contributed by atoms with E-state index >= 15 is 0 Å². The van der Waals surface area contributed by atoms with Crippen LogP contribution in [0.2, 0.25) is 0 Å². The number of nitrogens with one attached hydrogen (secondary N) is 1. The van der Waals surface area contributed by atoms with Crippen LogP contribution in [0.4, 0.5) is 5.69 Å². The first-order chi connectivity index (χ1) is 11.5. The van der Waals surface area contributed by atoms with Crippen LogP contribution < -0.4 is 10.1 Å². The van der Waals surface area contributed by atoms with E-state index in [0.717, 1.165) is 4.90 Å². The van der Waals surface area contributed by atoms with E-state index in [9.17, 15) is 9.59 Å². The third-order valence-corrected chi connectivity index (χ3v) is 4.17. The molecule has 0 aliphatic heterocycles. The quantitative estimate of drug-likeness (QED) is 0.845. The second-order valence-electron chi connectivity index (χ2n) is 5.30. The molecule has 6 heteroatoms. The Morgan fingerprint density at radius 1 is 1.08 bits per heavy atom. The van der Waals surface area contributed by atoms with E-state index < -0.39 is 0 Å². The van der Waals surface area contributed by atoms with Gasteiger partial charge in [0.05, 0.1) is 12.7 Å². The standard InChI is InChI=1S/C18H20N2O3S/c1-20(2)18(22)12-5-7-13(8-6-12)19-17(21)15-10-9-14(24-4)11-16(15)23-3/h5-11H,1-4H3,(H,19,21). The summed E-state index contributed by atoms with van der Waals surface area (Å²) in [4.78, 5) is 26.8. The third-order valence-electron chi connectivity index (χ3n) is 3.45. The Morgan fingerprint density at radius 3 is 2.29 bits per heavy atom. The number of amides is 2. The summed E-state index contributed by atoms with van der Waals surface area (Å²) < 4.78 is 5.30. The number of thioether (sulfide) groups is 1. The Labute approximate surface area is 146 Å². The van der Waals surface area contributed by atoms with Crippen molar-refractivity contribution in [3.8, 4) is 5.75 Å². The zero-order chi connectivity index (χ0) is 17.7. The maximum atomic E-state index is 12.4. The molecule has 5 nitrogen and oxygen atoms in total. The van der Waals surface area contributed by atoms with Crippen LogP contribution in [0.5, 0.6) is 5.75 Å². The fourth-order valence-corrected chi connectivity index (χ4v) is 2.57. The van der Waals surface area contributed by atoms with Crippen LogP contribution in [0.25, 0.3) is 0 Å². The topological polar surface area (TPSA) is 58.6 Å². The largest absolute Gasteiger partial charge is 0.496 e. The zero-order valence-electron chi connectivity index (χ0n) is 14.1. The lowest BCUT2D eigenvalue weighted by atomic mass is 10.1. The molecular weight excluding hydrogens is 324 g/mol. The number of rotatable bonds is 5. The highest BCUT2D eigenvalue weighted by Crippen LogP contribution is 2.26. The lowest BCUT2D eigenvalue weighted by Crippen LogP contribution is -2.21. The SMILES string of the molecule is COc1cc(SC)ccc1C(=O)Nc1ccc(C(=O)N(C)C)cc1. The van der Waals surface area contributed by atoms with Gasteiger partial charge in [-0.3, -0.25) is 9.59 Å². The molecule has 126 valence electrons. The summed E-state index contributed by atoms with van der Waals surface area (Å²) in [7, 11) is 4.93. The number of anilines is 1. The van der Waals surface area contributed by atoms with Crippen molar-refractivity contribution in [2.24, 2.45) is 0 Å². The van der Waals surface area contributed by atoms with Crippen LogP contribution in [0.15, 0.2) is 47.4 Å². The van der Waals surface area contributed by atoms with Crippen molar-refractivity contribution in [3.63, 3.8) is 0 Å². The van der Waals surface area contributed by atoms with E-state index in [1.54, 1.807) is 56.2 Å². The molecule has 2 rings (SSSR count). The molecule has 0 saturated heterocycles. The highest BCUT2D eigenvalue weighted by Gasteiger charge is 2.14. The van der Waals surface area contributed by atoms with E-state index in [0.29, 0.717) is 22.6 Å². The summed E-state index contributed by atoms with van der Waals surface area (Å²) in [6.07, 6.45) is 1.96. The van der Waals surface area contributed by atoms with E-state index in [1.807, 2.05) is 18.4 Å². The predicted molar refractivity (Wildman–Crippen MR) is 97.2 cm³/mol. The van der Waals surface area contributed by atoms with Gasteiger partial charge in [0.25, 0.3) is 11.8 Å². The summed E-state index contributed by atoms with van der Waals surface area (Å²) in [5.41, 5.74) is 1.65. The molecule has 0 aliphatic carbocycles. The third kappa shape index (κ3) is 4.08. The minimum atomic E-state index is -0.258. The molecule has 0 aromatic heterocycles. The molecule has 0 atom stereocenters. The molecule has 2 amide bonds. The van der Waals surface area contributed by atoms with E-state index in [4.69, 9.17) is 4.74 Å². The van der Waals surface area contributed by atoms with E-state index in [-0.39, 0.29) is 11.8 Å². The maximum Gasteiger partial charge on any atom is 0.259 e. The van der Waals surface area contributed by atoms with Gasteiger partial charge in [0, 0.05) is 30.2 Å². The minimum Gasteiger partial charge on any atom is -0.496 e. The minimum absolute atomic E-state index is 0.0813. The molecule has 0 bridgehead atoms. The van der Waals surface area contributed by atoms with Gasteiger partial charge in [0.15, 0.2) is 0 Å². The Kier molecular flexibility index (Phi) is 5.87. The number of methoxy groups -OCH3 is 1. The van der Waals surface area contributed by atoms with E-state index in [1.165, 1.54) is 12.0 Å². The molecule has 0 heterocycles. The lowest BCUT2D eigenvalue weighted by Gasteiger charge is -2.12. The first-order valence-corrected chi connectivity index (χ1v) is 8.54. The summed E-state index contributed by atoms with van der Waals surface area (Å²) >= 11 is 1.58. The average molecular weight is 344 g/mol. The molecule has 0 aliphatic rings. The van der Waals surface area contributed by atoms with Gasteiger partial charge in [-0.1, -0.05) is 0 Å². The number of benzene rings is 2. The zero-order valence-corrected chi connectivity index (χ0v) is 14.9. The average Bonchev–Trinajstić information content (AvgIpc) is 2.60. The van der Waals surface area contributed by atoms with Gasteiger partial charge in [-0.05, 0) is 48.7 Å². The van der Waals surface area contributed by atoms with Crippen molar-refractivity contribution in [3.05, 3.63) is 53.6 Å². The fourth-order valence-electron chi connectivity index (χ4n) is 2.14. The van der Waals surface area contributed by atoms with Gasteiger partial charge in [-0.25, -0.2) is 0 Å². The molecule has 2 aromatic rings. The number of carbonyl (C=O) groups is 2. The Morgan fingerprint density at radius 2 is 1.75 bits per heavy atom. The van der Waals surface area contributed by atoms with Gasteiger partial charge in [-0.2, -0.15) is 0 Å². The van der Waals surface area contributed by atoms with Crippen LogP contribution in [0, 0.1) is 0 Å². The van der Waals surface area contributed by atoms with Crippen LogP contribution in [0.3, 0.4) is 0 Å². The fraction of sp³-hybridized carbons (Fsp3) is 0.222. The predicted octanol–water partition coefficient (Wildman–Crippen LogP) is 3.37. The number of nitrogens with zero attached hydrogens (tertiary/aromatic N) is 1. The van der Waals surface area contributed by atoms with Crippen molar-refractivity contribution in [1.29, 1.82) is 0 Å². The highest BCUT2D eigenvalue weighted by atomic mass is 32.2. The van der Waals surface area contributed by atoms with Gasteiger partial charge in [0.1, 0.15) is 5.75 Å². The van der Waals surface area contributed by atoms with Crippen LogP contribution in [-0.4, -0.2) is 44.2 Å². The second kappa shape index (κ2) is 7.88. The monoisotopic (exact) mass is 344 g/mol. The number of hydrogen-bond donors (Lipinski definition) is 1. The molecule has 0 spiro atoms. The first-order valence-electron chi connectivity index (χ1n) is 7.31. The summed E-state index contributed by atoms with van der Waals surface area (Å²) in [6.45, 7) is 0. The number of hydrogen-bond acceptors (Lipinski definition) is 4. The van der Waals surface area contributed by atoms with E-state index in [2.05, 4.69) is 5.32 Å². The molecule has 0 fully saturated rings. The lowest BCUT2D eigenvalue weighted by molar-refractivity contribution is 0.0827. The maximum absolute atomic E-state index is 12.4. The van der Waals surface area contributed by atoms with Gasteiger partial charge in [-0.15, -0.1) is 11.8 Å². The van der Waals surface area contributed by atoms with Crippen molar-refractivity contribution >= 4 is 29.3 Å². The summed E-state index contributed by atoms with van der Waals surface area (Å²) in [5, 5.41) is 2.82. The molecule has 1 N–H and O–H groups in total. The molecule has 0 unspecified atom stereocenters. The Balaban J connectivity index is 2.16. The molecular formula is C18H20N2O3S. The van der Waals surface area contributed by atoms with Gasteiger partial charge >= 0.3 is 0 Å². The summed E-state index contributed by atoms with van der Waals surface area (Å²) in [6, 6.07) is 12.2. The van der Waals surface area contributed by atoms with Gasteiger partial charge < -0.3 is 15.0 Å². The van der Waals surface area contributed by atoms with Crippen LogP contribution >= 0.6 is 11.8 Å². The van der Waals surface area contributed by atoms with Crippen molar-refractivity contribution in [2.75, 3.05) is 32.8 Å². The summed E-state index contributed by atoms with van der Waals surface area (Å²) in [5.74, 6) is 0.187. The molecule has 2 aromatic carbocycles. The van der Waals surface area contributed by atoms with Crippen molar-refractivity contribution in [1.82, 2.24) is 4.90 Å². The second-order valence-corrected chi connectivity index (χ2v) is 6.18. The number of carbonyl (C=O) groups excluding carboxylic acids is 2. The smallest absolute Gasteiger partial charge is 0.259 e. The highest BCUT2D eigenvalue weighted by molar-refractivity contribution is 7.98. The molecule has 0 saturated carbocycles. The van der Waals surface area contributed by atoms with Crippen LogP contribution in [0.1, 0.15) is 20.7 Å². The molecule has 0 radical (unpaired) electrons. The first kappa shape index (κ1) is 17.9. The molecule has 24 heavy (non-hydrogen) atoms. The van der Waals surface area contributed by atoms with Crippen LogP contribution in [-0.2, 0) is 0 Å². The van der Waals surface area contributed by atoms with Crippen molar-refractivity contribution in [2.45, 2.75) is 4.90 Å². The Bertz CT molecular complexity index is 742. The van der Waals surface area contributed by atoms with Crippen molar-refractivity contribution < 1.29 is 14.3 Å². The normalized spacial score (nSPS) is 10.2.